The van der Waals surface area contributed by atoms with E-state index in [-0.39, 0.29) is 17.6 Å². The van der Waals surface area contributed by atoms with E-state index in [1.807, 2.05) is 11.8 Å². The number of benzene rings is 1. The molecule has 5 heteroatoms. The van der Waals surface area contributed by atoms with E-state index >= 15 is 0 Å². The van der Waals surface area contributed by atoms with Crippen LogP contribution in [0.1, 0.15) is 42.1 Å². The second-order valence-corrected chi connectivity index (χ2v) is 5.54. The number of hydrogen-bond acceptors (Lipinski definition) is 3. The van der Waals surface area contributed by atoms with Gasteiger partial charge < -0.3 is 14.7 Å². The monoisotopic (exact) mass is 305 g/mol. The highest BCUT2D eigenvalue weighted by atomic mass is 16.5. The summed E-state index contributed by atoms with van der Waals surface area (Å²) in [5.41, 5.74) is 1.26. The van der Waals surface area contributed by atoms with Gasteiger partial charge in [0.25, 0.3) is 0 Å². The van der Waals surface area contributed by atoms with Crippen molar-refractivity contribution in [3.05, 3.63) is 35.4 Å². The summed E-state index contributed by atoms with van der Waals surface area (Å²) < 4.78 is 5.58. The number of piperidine rings is 1. The summed E-state index contributed by atoms with van der Waals surface area (Å²) in [4.78, 5) is 24.9. The fraction of sp³-hybridized carbons (Fsp3) is 0.529. The van der Waals surface area contributed by atoms with Crippen molar-refractivity contribution in [1.82, 2.24) is 4.90 Å². The van der Waals surface area contributed by atoms with Gasteiger partial charge in [0.15, 0.2) is 0 Å². The van der Waals surface area contributed by atoms with Crippen molar-refractivity contribution in [1.29, 1.82) is 0 Å². The summed E-state index contributed by atoms with van der Waals surface area (Å²) in [6.45, 7) is 4.25. The smallest absolute Gasteiger partial charge is 0.335 e. The van der Waals surface area contributed by atoms with Crippen LogP contribution >= 0.6 is 0 Å². The number of carboxylic acids is 1. The average Bonchev–Trinajstić information content (AvgIpc) is 2.54. The molecule has 1 aliphatic heterocycles. The quantitative estimate of drug-likeness (QED) is 0.876. The molecule has 0 unspecified atom stereocenters. The number of nitrogens with zero attached hydrogens (tertiary/aromatic N) is 1. The number of rotatable bonds is 6. The standard InChI is InChI=1S/C17H23NO4/c1-2-22-15-9-11-18(12-10-15)16(19)8-5-13-3-6-14(7-4-13)17(20)21/h3-4,6-7,15H,2,5,8-12H2,1H3,(H,20,21). The maximum Gasteiger partial charge on any atom is 0.335 e. The van der Waals surface area contributed by atoms with Gasteiger partial charge in [0, 0.05) is 26.1 Å². The Labute approximate surface area is 130 Å². The van der Waals surface area contributed by atoms with E-state index in [2.05, 4.69) is 0 Å². The summed E-state index contributed by atoms with van der Waals surface area (Å²) in [5, 5.41) is 8.85. The van der Waals surface area contributed by atoms with Crippen LogP contribution in [0.25, 0.3) is 0 Å². The van der Waals surface area contributed by atoms with Crippen molar-refractivity contribution in [3.63, 3.8) is 0 Å². The van der Waals surface area contributed by atoms with Crippen molar-refractivity contribution < 1.29 is 19.4 Å². The topological polar surface area (TPSA) is 66.8 Å². The second-order valence-electron chi connectivity index (χ2n) is 5.54. The summed E-state index contributed by atoms with van der Waals surface area (Å²) in [5.74, 6) is -0.767. The zero-order valence-electron chi connectivity index (χ0n) is 13.0. The van der Waals surface area contributed by atoms with E-state index < -0.39 is 5.97 Å². The third kappa shape index (κ3) is 4.56. The first kappa shape index (κ1) is 16.5. The minimum absolute atomic E-state index is 0.164. The highest BCUT2D eigenvalue weighted by molar-refractivity contribution is 5.87. The van der Waals surface area contributed by atoms with Gasteiger partial charge >= 0.3 is 5.97 Å². The lowest BCUT2D eigenvalue weighted by molar-refractivity contribution is -0.133. The van der Waals surface area contributed by atoms with Crippen molar-refractivity contribution in [2.75, 3.05) is 19.7 Å². The van der Waals surface area contributed by atoms with Crippen molar-refractivity contribution in [2.24, 2.45) is 0 Å². The van der Waals surface area contributed by atoms with E-state index in [1.165, 1.54) is 0 Å². The molecule has 1 aromatic rings. The molecular weight excluding hydrogens is 282 g/mol. The van der Waals surface area contributed by atoms with Crippen molar-refractivity contribution in [2.45, 2.75) is 38.7 Å². The van der Waals surface area contributed by atoms with Gasteiger partial charge in [0.1, 0.15) is 0 Å². The number of carbonyl (C=O) groups is 2. The molecule has 2 rings (SSSR count). The van der Waals surface area contributed by atoms with Gasteiger partial charge in [0.2, 0.25) is 5.91 Å². The maximum atomic E-state index is 12.2. The van der Waals surface area contributed by atoms with Crippen molar-refractivity contribution in [3.8, 4) is 0 Å². The highest BCUT2D eigenvalue weighted by Gasteiger charge is 2.22. The predicted molar refractivity (Wildman–Crippen MR) is 83.0 cm³/mol. The number of aryl methyl sites for hydroxylation is 1. The zero-order chi connectivity index (χ0) is 15.9. The Morgan fingerprint density at radius 2 is 1.86 bits per heavy atom. The Morgan fingerprint density at radius 1 is 1.23 bits per heavy atom. The zero-order valence-corrected chi connectivity index (χ0v) is 13.0. The molecule has 22 heavy (non-hydrogen) atoms. The number of carboxylic acid groups (broad SMARTS) is 1. The fourth-order valence-electron chi connectivity index (χ4n) is 2.73. The fourth-order valence-corrected chi connectivity index (χ4v) is 2.73. The number of amides is 1. The molecule has 1 amide bonds. The first-order valence-corrected chi connectivity index (χ1v) is 7.81. The molecule has 0 spiro atoms. The first-order chi connectivity index (χ1) is 10.6. The van der Waals surface area contributed by atoms with Crippen LogP contribution in [0, 0.1) is 0 Å². The molecule has 0 saturated carbocycles. The molecule has 0 atom stereocenters. The minimum atomic E-state index is -0.931. The van der Waals surface area contributed by atoms with Crippen LogP contribution in [-0.4, -0.2) is 47.7 Å². The van der Waals surface area contributed by atoms with E-state index in [1.54, 1.807) is 24.3 Å². The van der Waals surface area contributed by atoms with Gasteiger partial charge in [-0.3, -0.25) is 4.79 Å². The summed E-state index contributed by atoms with van der Waals surface area (Å²) in [7, 11) is 0. The van der Waals surface area contributed by atoms with Crippen molar-refractivity contribution >= 4 is 11.9 Å². The third-order valence-corrected chi connectivity index (χ3v) is 4.03. The lowest BCUT2D eigenvalue weighted by atomic mass is 10.0. The van der Waals surface area contributed by atoms with Crippen LogP contribution < -0.4 is 0 Å². The van der Waals surface area contributed by atoms with Gasteiger partial charge in [-0.15, -0.1) is 0 Å². The number of carbonyl (C=O) groups excluding carboxylic acids is 1. The Kier molecular flexibility index (Phi) is 5.95. The van der Waals surface area contributed by atoms with Gasteiger partial charge in [0.05, 0.1) is 11.7 Å². The molecular formula is C17H23NO4. The number of ether oxygens (including phenoxy) is 1. The van der Waals surface area contributed by atoms with Gasteiger partial charge in [-0.25, -0.2) is 4.79 Å². The van der Waals surface area contributed by atoms with Crippen LogP contribution in [0.4, 0.5) is 0 Å². The van der Waals surface area contributed by atoms with Crippen LogP contribution in [0.5, 0.6) is 0 Å². The molecule has 1 N–H and O–H groups in total. The molecule has 0 aliphatic carbocycles. The highest BCUT2D eigenvalue weighted by Crippen LogP contribution is 2.15. The molecule has 5 nitrogen and oxygen atoms in total. The SMILES string of the molecule is CCOC1CCN(C(=O)CCc2ccc(C(=O)O)cc2)CC1. The van der Waals surface area contributed by atoms with E-state index in [4.69, 9.17) is 9.84 Å². The van der Waals surface area contributed by atoms with Gasteiger partial charge in [-0.2, -0.15) is 0 Å². The third-order valence-electron chi connectivity index (χ3n) is 4.03. The Hall–Kier alpha value is -1.88. The molecule has 0 aromatic heterocycles. The first-order valence-electron chi connectivity index (χ1n) is 7.81. The predicted octanol–water partition coefficient (Wildman–Crippen LogP) is 2.34. The number of likely N-dealkylation sites (tertiary alicyclic amines) is 1. The lowest BCUT2D eigenvalue weighted by Crippen LogP contribution is -2.41. The van der Waals surface area contributed by atoms with Crippen LogP contribution in [0.3, 0.4) is 0 Å². The summed E-state index contributed by atoms with van der Waals surface area (Å²) in [6, 6.07) is 6.71. The Bertz CT molecular complexity index is 504. The van der Waals surface area contributed by atoms with E-state index in [0.29, 0.717) is 12.8 Å². The minimum Gasteiger partial charge on any atom is -0.478 e. The molecule has 1 heterocycles. The van der Waals surface area contributed by atoms with Crippen LogP contribution in [0.15, 0.2) is 24.3 Å². The van der Waals surface area contributed by atoms with Crippen LogP contribution in [-0.2, 0) is 16.0 Å². The van der Waals surface area contributed by atoms with Crippen LogP contribution in [0.2, 0.25) is 0 Å². The van der Waals surface area contributed by atoms with Gasteiger partial charge in [-0.1, -0.05) is 12.1 Å². The largest absolute Gasteiger partial charge is 0.478 e. The summed E-state index contributed by atoms with van der Waals surface area (Å²) in [6.07, 6.45) is 3.22. The summed E-state index contributed by atoms with van der Waals surface area (Å²) >= 11 is 0. The molecule has 1 saturated heterocycles. The normalized spacial score (nSPS) is 15.8. The Morgan fingerprint density at radius 3 is 2.41 bits per heavy atom. The second kappa shape index (κ2) is 7.94. The number of hydrogen-bond donors (Lipinski definition) is 1. The maximum absolute atomic E-state index is 12.2. The molecule has 1 fully saturated rings. The molecule has 0 radical (unpaired) electrons. The molecule has 1 aliphatic rings. The lowest BCUT2D eigenvalue weighted by Gasteiger charge is -2.31. The Balaban J connectivity index is 1.77. The van der Waals surface area contributed by atoms with Gasteiger partial charge in [-0.05, 0) is 43.9 Å². The average molecular weight is 305 g/mol. The van der Waals surface area contributed by atoms with E-state index in [9.17, 15) is 9.59 Å². The number of aromatic carboxylic acids is 1. The molecule has 0 bridgehead atoms. The van der Waals surface area contributed by atoms with E-state index in [0.717, 1.165) is 38.1 Å². The molecule has 120 valence electrons. The molecule has 1 aromatic carbocycles.